The number of hydrogen-bond donors (Lipinski definition) is 2. The number of aliphatic carboxylic acids is 1. The van der Waals surface area contributed by atoms with Crippen molar-refractivity contribution in [3.8, 4) is 11.1 Å². The fourth-order valence-corrected chi connectivity index (χ4v) is 6.50. The Hall–Kier alpha value is -3.17. The molecule has 0 unspecified atom stereocenters. The molecule has 1 heterocycles. The lowest BCUT2D eigenvalue weighted by Gasteiger charge is -2.41. The van der Waals surface area contributed by atoms with Gasteiger partial charge < -0.3 is 20.3 Å². The Kier molecular flexibility index (Phi) is 9.59. The van der Waals surface area contributed by atoms with Gasteiger partial charge in [0.25, 0.3) is 0 Å². The molecule has 41 heavy (non-hydrogen) atoms. The average Bonchev–Trinajstić information content (AvgIpc) is 3.61. The maximum Gasteiger partial charge on any atom is 0.310 e. The quantitative estimate of drug-likeness (QED) is 0.245. The van der Waals surface area contributed by atoms with E-state index >= 15 is 0 Å². The van der Waals surface area contributed by atoms with Gasteiger partial charge in [0.2, 0.25) is 5.91 Å². The summed E-state index contributed by atoms with van der Waals surface area (Å²) in [7, 11) is 0. The molecule has 3 N–H and O–H groups in total. The van der Waals surface area contributed by atoms with E-state index in [0.717, 1.165) is 23.4 Å². The Balaban J connectivity index is 1.74. The molecule has 1 saturated carbocycles. The van der Waals surface area contributed by atoms with E-state index in [-0.39, 0.29) is 17.2 Å². The van der Waals surface area contributed by atoms with Crippen LogP contribution in [0, 0.1) is 22.5 Å². The Bertz CT molecular complexity index is 1370. The number of halogens is 2. The number of benzene rings is 2. The summed E-state index contributed by atoms with van der Waals surface area (Å²) in [6.45, 7) is 7.47. The van der Waals surface area contributed by atoms with Crippen LogP contribution in [0.15, 0.2) is 60.8 Å². The predicted molar refractivity (Wildman–Crippen MR) is 160 cm³/mol. The molecule has 1 aliphatic rings. The highest BCUT2D eigenvalue weighted by Gasteiger charge is 2.50. The van der Waals surface area contributed by atoms with Crippen LogP contribution in [0.1, 0.15) is 57.3 Å². The maximum absolute atomic E-state index is 14.9. The number of carboxylic acid groups (broad SMARTS) is 1. The normalized spacial score (nSPS) is 15.0. The zero-order valence-corrected chi connectivity index (χ0v) is 24.7. The van der Waals surface area contributed by atoms with E-state index < -0.39 is 34.5 Å². The van der Waals surface area contributed by atoms with Crippen LogP contribution in [0.2, 0.25) is 0 Å². The van der Waals surface area contributed by atoms with Crippen molar-refractivity contribution in [2.75, 3.05) is 24.6 Å². The Morgan fingerprint density at radius 1 is 1.12 bits per heavy atom. The van der Waals surface area contributed by atoms with Gasteiger partial charge in [0.1, 0.15) is 11.6 Å². The molecule has 3 aromatic rings. The number of carboxylic acids is 1. The topological polar surface area (TPSA) is 88.6 Å². The number of nitrogens with two attached hydrogens (primary N) is 1. The van der Waals surface area contributed by atoms with Gasteiger partial charge in [0, 0.05) is 41.9 Å². The lowest BCUT2D eigenvalue weighted by molar-refractivity contribution is -0.142. The average molecular weight is 584 g/mol. The molecule has 1 aromatic heterocycles. The smallest absolute Gasteiger partial charge is 0.310 e. The van der Waals surface area contributed by atoms with E-state index in [1.807, 2.05) is 52.1 Å². The van der Waals surface area contributed by atoms with Crippen LogP contribution < -0.4 is 5.73 Å². The van der Waals surface area contributed by atoms with Gasteiger partial charge in [0.15, 0.2) is 0 Å². The highest BCUT2D eigenvalue weighted by molar-refractivity contribution is 8.00. The number of rotatable bonds is 13. The highest BCUT2D eigenvalue weighted by atomic mass is 32.2. The molecule has 4 rings (SSSR count). The Morgan fingerprint density at radius 3 is 2.44 bits per heavy atom. The van der Waals surface area contributed by atoms with Gasteiger partial charge >= 0.3 is 5.97 Å². The predicted octanol–water partition coefficient (Wildman–Crippen LogP) is 6.34. The van der Waals surface area contributed by atoms with Gasteiger partial charge in [0.05, 0.1) is 17.2 Å². The van der Waals surface area contributed by atoms with Crippen molar-refractivity contribution in [1.82, 2.24) is 9.47 Å². The third-order valence-corrected chi connectivity index (χ3v) is 8.82. The first-order valence-electron chi connectivity index (χ1n) is 14.0. The second-order valence-corrected chi connectivity index (χ2v) is 13.0. The molecule has 1 aliphatic carbocycles. The molecule has 220 valence electrons. The number of nitrogens with zero attached hydrogens (tertiary/aromatic N) is 2. The summed E-state index contributed by atoms with van der Waals surface area (Å²) in [5.74, 6) is -1.42. The van der Waals surface area contributed by atoms with Gasteiger partial charge in [-0.3, -0.25) is 9.59 Å². The summed E-state index contributed by atoms with van der Waals surface area (Å²) in [5.41, 5.74) is 7.25. The fourth-order valence-electron chi connectivity index (χ4n) is 5.26. The summed E-state index contributed by atoms with van der Waals surface area (Å²) in [6, 6.07) is 14.7. The van der Waals surface area contributed by atoms with E-state index in [1.165, 1.54) is 17.8 Å². The van der Waals surface area contributed by atoms with Crippen LogP contribution >= 0.6 is 11.8 Å². The van der Waals surface area contributed by atoms with Crippen molar-refractivity contribution in [1.29, 1.82) is 0 Å². The van der Waals surface area contributed by atoms with Crippen LogP contribution in [-0.4, -0.2) is 51.0 Å². The molecule has 2 aromatic carbocycles. The van der Waals surface area contributed by atoms with Gasteiger partial charge in [-0.25, -0.2) is 8.78 Å². The zero-order chi connectivity index (χ0) is 29.8. The minimum absolute atomic E-state index is 0.101. The van der Waals surface area contributed by atoms with Gasteiger partial charge in [-0.05, 0) is 61.1 Å². The lowest BCUT2D eigenvalue weighted by Crippen LogP contribution is -2.44. The number of amides is 1. The molecule has 1 amide bonds. The zero-order valence-electron chi connectivity index (χ0n) is 23.9. The van der Waals surface area contributed by atoms with Crippen molar-refractivity contribution < 1.29 is 23.5 Å². The minimum atomic E-state index is -0.805. The number of thioether (sulfide) groups is 1. The molecular formula is C32H39F2N3O3S. The van der Waals surface area contributed by atoms with E-state index in [2.05, 4.69) is 20.8 Å². The van der Waals surface area contributed by atoms with E-state index in [4.69, 9.17) is 5.73 Å². The lowest BCUT2D eigenvalue weighted by atomic mass is 9.83. The molecule has 0 radical (unpaired) electrons. The van der Waals surface area contributed by atoms with Gasteiger partial charge in [-0.1, -0.05) is 51.1 Å². The summed E-state index contributed by atoms with van der Waals surface area (Å²) in [6.07, 6.45) is 3.69. The van der Waals surface area contributed by atoms with Crippen molar-refractivity contribution >= 4 is 23.6 Å². The van der Waals surface area contributed by atoms with E-state index in [9.17, 15) is 23.5 Å². The SMILES string of the molecule is CC(C)(C)[C@H](c1cc(-c2cc(F)ccc2F)cn1Cc1ccccc1)N(CCCN)C(=O)CSCC1(C(=O)O)CC1. The summed E-state index contributed by atoms with van der Waals surface area (Å²) in [4.78, 5) is 27.3. The summed E-state index contributed by atoms with van der Waals surface area (Å²) < 4.78 is 31.1. The van der Waals surface area contributed by atoms with Crippen LogP contribution in [0.3, 0.4) is 0 Å². The third-order valence-electron chi connectivity index (χ3n) is 7.61. The molecule has 0 aliphatic heterocycles. The second kappa shape index (κ2) is 12.8. The monoisotopic (exact) mass is 583 g/mol. The molecule has 0 bridgehead atoms. The first-order valence-corrected chi connectivity index (χ1v) is 15.1. The second-order valence-electron chi connectivity index (χ2n) is 12.0. The molecule has 1 atom stereocenters. The van der Waals surface area contributed by atoms with Crippen molar-refractivity contribution in [3.05, 3.63) is 83.7 Å². The number of carbonyl (C=O) groups excluding carboxylic acids is 1. The standard InChI is InChI=1S/C32H39F2N3O3S/c1-31(2,3)29(37(15-7-14-35)28(38)20-41-21-32(12-13-32)30(39)40)27-16-23(25-17-24(33)10-11-26(25)34)19-36(27)18-22-8-5-4-6-9-22/h4-6,8-11,16-17,19,29H,7,12-15,18,20-21,35H2,1-3H3,(H,39,40)/t29-/m0/s1. The molecule has 0 spiro atoms. The molecule has 6 nitrogen and oxygen atoms in total. The first-order chi connectivity index (χ1) is 19.4. The van der Waals surface area contributed by atoms with E-state index in [1.54, 1.807) is 0 Å². The van der Waals surface area contributed by atoms with Crippen LogP contribution in [0.5, 0.6) is 0 Å². The van der Waals surface area contributed by atoms with Crippen LogP contribution in [-0.2, 0) is 16.1 Å². The molecule has 0 saturated heterocycles. The minimum Gasteiger partial charge on any atom is -0.481 e. The van der Waals surface area contributed by atoms with Crippen LogP contribution in [0.25, 0.3) is 11.1 Å². The van der Waals surface area contributed by atoms with Gasteiger partial charge in [-0.15, -0.1) is 0 Å². The number of carbonyl (C=O) groups is 2. The first kappa shape index (κ1) is 30.8. The van der Waals surface area contributed by atoms with Crippen LogP contribution in [0.4, 0.5) is 8.78 Å². The van der Waals surface area contributed by atoms with E-state index in [0.29, 0.717) is 50.2 Å². The molecule has 1 fully saturated rings. The highest BCUT2D eigenvalue weighted by Crippen LogP contribution is 2.48. The third kappa shape index (κ3) is 7.38. The van der Waals surface area contributed by atoms with Crippen molar-refractivity contribution in [3.63, 3.8) is 0 Å². The number of hydrogen-bond acceptors (Lipinski definition) is 4. The fraction of sp³-hybridized carbons (Fsp3) is 0.438. The molecular weight excluding hydrogens is 544 g/mol. The van der Waals surface area contributed by atoms with Crippen molar-refractivity contribution in [2.45, 2.75) is 52.6 Å². The largest absolute Gasteiger partial charge is 0.481 e. The summed E-state index contributed by atoms with van der Waals surface area (Å²) in [5, 5.41) is 9.55. The maximum atomic E-state index is 14.9. The Labute approximate surface area is 244 Å². The Morgan fingerprint density at radius 2 is 1.83 bits per heavy atom. The molecule has 9 heteroatoms. The summed E-state index contributed by atoms with van der Waals surface area (Å²) >= 11 is 1.36. The number of aromatic nitrogens is 1. The van der Waals surface area contributed by atoms with Crippen molar-refractivity contribution in [2.24, 2.45) is 16.6 Å². The van der Waals surface area contributed by atoms with Gasteiger partial charge in [-0.2, -0.15) is 11.8 Å².